The van der Waals surface area contributed by atoms with Gasteiger partial charge in [-0.05, 0) is 56.1 Å². The number of carbonyl (C=O) groups excluding carboxylic acids is 1. The fourth-order valence-corrected chi connectivity index (χ4v) is 3.40. The molecule has 0 saturated carbocycles. The second kappa shape index (κ2) is 7.37. The molecule has 2 fully saturated rings. The van der Waals surface area contributed by atoms with E-state index in [4.69, 9.17) is 9.47 Å². The molecule has 5 unspecified atom stereocenters. The Morgan fingerprint density at radius 3 is 2.57 bits per heavy atom. The molecule has 0 aromatic heterocycles. The van der Waals surface area contributed by atoms with Gasteiger partial charge in [-0.25, -0.2) is 0 Å². The standard InChI is InChI=1S/C18H28O3/c1-12-10-17(20-15(4)14(12)3)7-8-18-13(2)11-16(21-18)6-5-9-19/h9,12,15-18H,2-3,5-8,10-11H2,1,4H3. The van der Waals surface area contributed by atoms with Crippen molar-refractivity contribution in [3.05, 3.63) is 24.3 Å². The molecule has 0 N–H and O–H groups in total. The summed E-state index contributed by atoms with van der Waals surface area (Å²) in [6.07, 6.45) is 7.05. The lowest BCUT2D eigenvalue weighted by Gasteiger charge is -2.34. The Balaban J connectivity index is 1.77. The highest BCUT2D eigenvalue weighted by Crippen LogP contribution is 2.34. The Bertz CT molecular complexity index is 387. The highest BCUT2D eigenvalue weighted by Gasteiger charge is 2.31. The quantitative estimate of drug-likeness (QED) is 0.551. The Morgan fingerprint density at radius 1 is 1.14 bits per heavy atom. The summed E-state index contributed by atoms with van der Waals surface area (Å²) >= 11 is 0. The monoisotopic (exact) mass is 292 g/mol. The van der Waals surface area contributed by atoms with Gasteiger partial charge in [-0.1, -0.05) is 20.1 Å². The lowest BCUT2D eigenvalue weighted by Crippen LogP contribution is -2.32. The molecule has 0 bridgehead atoms. The maximum absolute atomic E-state index is 10.4. The summed E-state index contributed by atoms with van der Waals surface area (Å²) in [5.41, 5.74) is 2.38. The molecule has 3 nitrogen and oxygen atoms in total. The molecule has 2 rings (SSSR count). The minimum atomic E-state index is 0.140. The van der Waals surface area contributed by atoms with Crippen LogP contribution >= 0.6 is 0 Å². The Labute approximate surface area is 128 Å². The van der Waals surface area contributed by atoms with E-state index in [1.807, 2.05) is 0 Å². The predicted molar refractivity (Wildman–Crippen MR) is 84.2 cm³/mol. The van der Waals surface area contributed by atoms with Gasteiger partial charge in [0.25, 0.3) is 0 Å². The third-order valence-electron chi connectivity index (χ3n) is 4.83. The predicted octanol–water partition coefficient (Wildman–Crippen LogP) is 3.83. The van der Waals surface area contributed by atoms with Gasteiger partial charge in [0.05, 0.1) is 24.4 Å². The van der Waals surface area contributed by atoms with Crippen LogP contribution in [0.2, 0.25) is 0 Å². The van der Waals surface area contributed by atoms with Gasteiger partial charge in [0.2, 0.25) is 0 Å². The van der Waals surface area contributed by atoms with E-state index in [0.29, 0.717) is 18.4 Å². The minimum Gasteiger partial charge on any atom is -0.371 e. The van der Waals surface area contributed by atoms with Crippen molar-refractivity contribution in [3.8, 4) is 0 Å². The number of carbonyl (C=O) groups is 1. The Hall–Kier alpha value is -0.930. The number of rotatable bonds is 6. The number of hydrogen-bond acceptors (Lipinski definition) is 3. The van der Waals surface area contributed by atoms with E-state index in [2.05, 4.69) is 27.0 Å². The first-order valence-electron chi connectivity index (χ1n) is 8.12. The van der Waals surface area contributed by atoms with E-state index in [0.717, 1.165) is 38.4 Å². The molecule has 2 heterocycles. The summed E-state index contributed by atoms with van der Waals surface area (Å²) in [4.78, 5) is 10.4. The van der Waals surface area contributed by atoms with Crippen LogP contribution in [-0.4, -0.2) is 30.7 Å². The molecular formula is C18H28O3. The van der Waals surface area contributed by atoms with Gasteiger partial charge < -0.3 is 14.3 Å². The zero-order chi connectivity index (χ0) is 15.4. The summed E-state index contributed by atoms with van der Waals surface area (Å²) in [6, 6.07) is 0. The van der Waals surface area contributed by atoms with Gasteiger partial charge in [-0.2, -0.15) is 0 Å². The summed E-state index contributed by atoms with van der Waals surface area (Å²) in [5, 5.41) is 0. The van der Waals surface area contributed by atoms with E-state index in [1.54, 1.807) is 0 Å². The second-order valence-corrected chi connectivity index (χ2v) is 6.54. The molecule has 0 aliphatic carbocycles. The molecule has 0 aromatic rings. The van der Waals surface area contributed by atoms with Crippen LogP contribution < -0.4 is 0 Å². The molecule has 0 radical (unpaired) electrons. The van der Waals surface area contributed by atoms with Crippen LogP contribution in [0.4, 0.5) is 0 Å². The fraction of sp³-hybridized carbons (Fsp3) is 0.722. The van der Waals surface area contributed by atoms with Gasteiger partial charge in [-0.15, -0.1) is 0 Å². The van der Waals surface area contributed by atoms with Gasteiger partial charge in [-0.3, -0.25) is 0 Å². The largest absolute Gasteiger partial charge is 0.371 e. The van der Waals surface area contributed by atoms with E-state index in [1.165, 1.54) is 11.1 Å². The summed E-state index contributed by atoms with van der Waals surface area (Å²) in [6.45, 7) is 12.6. The fourth-order valence-electron chi connectivity index (χ4n) is 3.40. The van der Waals surface area contributed by atoms with Gasteiger partial charge in [0, 0.05) is 6.42 Å². The third kappa shape index (κ3) is 4.27. The first-order chi connectivity index (χ1) is 10.0. The number of ether oxygens (including phenoxy) is 2. The number of hydrogen-bond donors (Lipinski definition) is 0. The van der Waals surface area contributed by atoms with Crippen molar-refractivity contribution >= 4 is 6.29 Å². The van der Waals surface area contributed by atoms with E-state index in [9.17, 15) is 4.79 Å². The maximum atomic E-state index is 10.4. The van der Waals surface area contributed by atoms with Crippen LogP contribution in [0.15, 0.2) is 24.3 Å². The smallest absolute Gasteiger partial charge is 0.120 e. The van der Waals surface area contributed by atoms with Crippen LogP contribution in [0.25, 0.3) is 0 Å². The molecule has 21 heavy (non-hydrogen) atoms. The average Bonchev–Trinajstić information content (AvgIpc) is 2.80. The zero-order valence-corrected chi connectivity index (χ0v) is 13.3. The van der Waals surface area contributed by atoms with Crippen LogP contribution in [0.5, 0.6) is 0 Å². The first kappa shape index (κ1) is 16.4. The summed E-state index contributed by atoms with van der Waals surface area (Å²) < 4.78 is 12.0. The molecule has 2 aliphatic heterocycles. The molecule has 0 aromatic carbocycles. The Morgan fingerprint density at radius 2 is 1.90 bits per heavy atom. The normalized spacial score (nSPS) is 37.0. The molecule has 118 valence electrons. The van der Waals surface area contributed by atoms with Gasteiger partial charge >= 0.3 is 0 Å². The second-order valence-electron chi connectivity index (χ2n) is 6.54. The van der Waals surface area contributed by atoms with Gasteiger partial charge in [0.15, 0.2) is 0 Å². The highest BCUT2D eigenvalue weighted by atomic mass is 16.5. The minimum absolute atomic E-state index is 0.140. The maximum Gasteiger partial charge on any atom is 0.120 e. The molecule has 0 amide bonds. The molecule has 3 heteroatoms. The molecule has 2 aliphatic rings. The summed E-state index contributed by atoms with van der Waals surface area (Å²) in [7, 11) is 0. The van der Waals surface area contributed by atoms with Crippen LogP contribution in [0.1, 0.15) is 52.4 Å². The highest BCUT2D eigenvalue weighted by molar-refractivity contribution is 5.49. The first-order valence-corrected chi connectivity index (χ1v) is 8.12. The number of aldehydes is 1. The lowest BCUT2D eigenvalue weighted by molar-refractivity contribution is -0.108. The van der Waals surface area contributed by atoms with Crippen molar-refractivity contribution in [1.29, 1.82) is 0 Å². The topological polar surface area (TPSA) is 35.5 Å². The van der Waals surface area contributed by atoms with Crippen LogP contribution in [-0.2, 0) is 14.3 Å². The van der Waals surface area contributed by atoms with Crippen LogP contribution in [0, 0.1) is 5.92 Å². The van der Waals surface area contributed by atoms with E-state index < -0.39 is 0 Å². The lowest BCUT2D eigenvalue weighted by atomic mass is 9.87. The summed E-state index contributed by atoms with van der Waals surface area (Å²) in [5.74, 6) is 0.534. The van der Waals surface area contributed by atoms with Crippen LogP contribution in [0.3, 0.4) is 0 Å². The third-order valence-corrected chi connectivity index (χ3v) is 4.83. The zero-order valence-electron chi connectivity index (χ0n) is 13.3. The van der Waals surface area contributed by atoms with Crippen molar-refractivity contribution in [2.75, 3.05) is 0 Å². The van der Waals surface area contributed by atoms with E-state index in [-0.39, 0.29) is 18.3 Å². The van der Waals surface area contributed by atoms with Crippen molar-refractivity contribution < 1.29 is 14.3 Å². The van der Waals surface area contributed by atoms with Crippen molar-refractivity contribution in [2.24, 2.45) is 5.92 Å². The van der Waals surface area contributed by atoms with Crippen molar-refractivity contribution in [2.45, 2.75) is 76.8 Å². The molecule has 2 saturated heterocycles. The van der Waals surface area contributed by atoms with Crippen molar-refractivity contribution in [1.82, 2.24) is 0 Å². The van der Waals surface area contributed by atoms with Crippen molar-refractivity contribution in [3.63, 3.8) is 0 Å². The molecular weight excluding hydrogens is 264 g/mol. The SMILES string of the molecule is C=C1C(C)CC(CCC2OC(CCC=O)CC2=C)OC1C. The molecule has 5 atom stereocenters. The Kier molecular flexibility index (Phi) is 5.77. The average molecular weight is 292 g/mol. The molecule has 0 spiro atoms. The van der Waals surface area contributed by atoms with Gasteiger partial charge in [0.1, 0.15) is 6.29 Å². The van der Waals surface area contributed by atoms with E-state index >= 15 is 0 Å².